The quantitative estimate of drug-likeness (QED) is 0.579. The first-order valence-corrected chi connectivity index (χ1v) is 3.57. The molecule has 0 aliphatic rings. The van der Waals surface area contributed by atoms with Gasteiger partial charge < -0.3 is 10.4 Å². The largest absolute Gasteiger partial charge is 0.480 e. The molecule has 0 aliphatic carbocycles. The second-order valence-electron chi connectivity index (χ2n) is 2.18. The van der Waals surface area contributed by atoms with E-state index in [1.165, 1.54) is 0 Å². The number of allylic oxidation sites excluding steroid dienone is 2. The fourth-order valence-corrected chi connectivity index (χ4v) is 0.664. The molecule has 0 heterocycles. The van der Waals surface area contributed by atoms with Crippen LogP contribution in [0.5, 0.6) is 0 Å². The minimum atomic E-state index is -0.864. The Balaban J connectivity index is 3.73. The summed E-state index contributed by atoms with van der Waals surface area (Å²) in [6.45, 7) is 7.56. The third kappa shape index (κ3) is 5.44. The first-order chi connectivity index (χ1) is 5.70. The van der Waals surface area contributed by atoms with Crippen LogP contribution in [0.25, 0.3) is 0 Å². The van der Waals surface area contributed by atoms with Gasteiger partial charge in [0.15, 0.2) is 0 Å². The van der Waals surface area contributed by atoms with Crippen molar-refractivity contribution in [3.05, 3.63) is 37.0 Å². The summed E-state index contributed by atoms with van der Waals surface area (Å²) >= 11 is 0. The van der Waals surface area contributed by atoms with Gasteiger partial charge in [0.05, 0.1) is 6.54 Å². The Hall–Kier alpha value is -1.35. The van der Waals surface area contributed by atoms with Gasteiger partial charge in [-0.2, -0.15) is 0 Å². The molecule has 0 bridgehead atoms. The number of carboxylic acid groups (broad SMARTS) is 1. The van der Waals surface area contributed by atoms with Crippen molar-refractivity contribution in [1.29, 1.82) is 0 Å². The van der Waals surface area contributed by atoms with Crippen LogP contribution in [0, 0.1) is 0 Å². The van der Waals surface area contributed by atoms with Crippen LogP contribution in [0.15, 0.2) is 37.0 Å². The second-order valence-corrected chi connectivity index (χ2v) is 2.18. The van der Waals surface area contributed by atoms with Gasteiger partial charge in [-0.25, -0.2) is 0 Å². The highest BCUT2D eigenvalue weighted by Crippen LogP contribution is 1.92. The summed E-state index contributed by atoms with van der Waals surface area (Å²) in [5.41, 5.74) is 0.922. The molecule has 0 fully saturated rings. The van der Waals surface area contributed by atoms with Crippen LogP contribution in [0.3, 0.4) is 0 Å². The molecule has 0 amide bonds. The average Bonchev–Trinajstić information content (AvgIpc) is 2.02. The lowest BCUT2D eigenvalue weighted by Crippen LogP contribution is -2.24. The number of rotatable bonds is 6. The maximum absolute atomic E-state index is 10.1. The summed E-state index contributed by atoms with van der Waals surface area (Å²) in [5, 5.41) is 11.0. The Bertz CT molecular complexity index is 207. The van der Waals surface area contributed by atoms with Crippen molar-refractivity contribution in [2.75, 3.05) is 13.1 Å². The zero-order chi connectivity index (χ0) is 9.40. The molecular formula is C9H13NO2. The molecule has 0 rings (SSSR count). The van der Waals surface area contributed by atoms with E-state index in [1.54, 1.807) is 18.2 Å². The van der Waals surface area contributed by atoms with E-state index < -0.39 is 5.97 Å². The summed E-state index contributed by atoms with van der Waals surface area (Å²) in [6, 6.07) is 0. The Kier molecular flexibility index (Phi) is 5.65. The number of hydrogen-bond acceptors (Lipinski definition) is 2. The molecule has 66 valence electrons. The normalized spacial score (nSPS) is 10.8. The highest BCUT2D eigenvalue weighted by atomic mass is 16.4. The Morgan fingerprint density at radius 1 is 1.42 bits per heavy atom. The van der Waals surface area contributed by atoms with Gasteiger partial charge in [0, 0.05) is 6.54 Å². The molecular weight excluding hydrogens is 154 g/mol. The van der Waals surface area contributed by atoms with E-state index >= 15 is 0 Å². The van der Waals surface area contributed by atoms with Gasteiger partial charge in [0.1, 0.15) is 0 Å². The molecule has 0 aromatic carbocycles. The van der Waals surface area contributed by atoms with E-state index in [1.807, 2.05) is 0 Å². The number of aliphatic carboxylic acids is 1. The van der Waals surface area contributed by atoms with Gasteiger partial charge in [0.2, 0.25) is 0 Å². The van der Waals surface area contributed by atoms with Crippen molar-refractivity contribution >= 4 is 5.97 Å². The highest BCUT2D eigenvalue weighted by Gasteiger charge is 1.95. The molecule has 12 heavy (non-hydrogen) atoms. The predicted molar refractivity (Wildman–Crippen MR) is 49.0 cm³/mol. The van der Waals surface area contributed by atoms with Crippen LogP contribution in [-0.4, -0.2) is 24.2 Å². The number of carboxylic acids is 1. The number of carbonyl (C=O) groups is 1. The second kappa shape index (κ2) is 6.37. The van der Waals surface area contributed by atoms with Crippen molar-refractivity contribution in [2.45, 2.75) is 0 Å². The lowest BCUT2D eigenvalue weighted by atomic mass is 10.2. The summed E-state index contributed by atoms with van der Waals surface area (Å²) in [7, 11) is 0. The summed E-state index contributed by atoms with van der Waals surface area (Å²) in [4.78, 5) is 10.1. The Morgan fingerprint density at radius 3 is 2.50 bits per heavy atom. The van der Waals surface area contributed by atoms with E-state index in [4.69, 9.17) is 5.11 Å². The number of nitrogens with one attached hydrogen (secondary N) is 1. The zero-order valence-electron chi connectivity index (χ0n) is 6.92. The molecule has 0 aliphatic heterocycles. The van der Waals surface area contributed by atoms with Crippen molar-refractivity contribution in [3.63, 3.8) is 0 Å². The van der Waals surface area contributed by atoms with E-state index in [-0.39, 0.29) is 6.54 Å². The lowest BCUT2D eigenvalue weighted by Gasteiger charge is -2.00. The summed E-state index contributed by atoms with van der Waals surface area (Å²) < 4.78 is 0. The molecule has 0 atom stereocenters. The van der Waals surface area contributed by atoms with Gasteiger partial charge in [0.25, 0.3) is 0 Å². The third-order valence-electron chi connectivity index (χ3n) is 1.20. The van der Waals surface area contributed by atoms with Gasteiger partial charge in [-0.3, -0.25) is 4.79 Å². The molecule has 3 nitrogen and oxygen atoms in total. The van der Waals surface area contributed by atoms with Crippen LogP contribution in [-0.2, 0) is 4.79 Å². The van der Waals surface area contributed by atoms with Gasteiger partial charge in [-0.05, 0) is 5.57 Å². The van der Waals surface area contributed by atoms with Crippen molar-refractivity contribution in [1.82, 2.24) is 5.32 Å². The summed E-state index contributed by atoms with van der Waals surface area (Å²) in [6.07, 6.45) is 5.08. The van der Waals surface area contributed by atoms with E-state index in [9.17, 15) is 4.79 Å². The zero-order valence-corrected chi connectivity index (χ0v) is 6.92. The molecule has 0 radical (unpaired) electrons. The highest BCUT2D eigenvalue weighted by molar-refractivity contribution is 5.69. The third-order valence-corrected chi connectivity index (χ3v) is 1.20. The van der Waals surface area contributed by atoms with Crippen molar-refractivity contribution in [2.24, 2.45) is 0 Å². The van der Waals surface area contributed by atoms with Crippen LogP contribution < -0.4 is 5.32 Å². The Morgan fingerprint density at radius 2 is 2.08 bits per heavy atom. The van der Waals surface area contributed by atoms with E-state index in [0.29, 0.717) is 6.54 Å². The predicted octanol–water partition coefficient (Wildman–Crippen LogP) is 0.959. The average molecular weight is 167 g/mol. The minimum Gasteiger partial charge on any atom is -0.480 e. The smallest absolute Gasteiger partial charge is 0.317 e. The van der Waals surface area contributed by atoms with Crippen molar-refractivity contribution in [3.8, 4) is 0 Å². The maximum atomic E-state index is 10.1. The number of hydrogen-bond donors (Lipinski definition) is 2. The molecule has 0 saturated carbocycles. The topological polar surface area (TPSA) is 49.3 Å². The van der Waals surface area contributed by atoms with E-state index in [2.05, 4.69) is 18.5 Å². The fourth-order valence-electron chi connectivity index (χ4n) is 0.664. The minimum absolute atomic E-state index is 0.0394. The molecule has 0 spiro atoms. The van der Waals surface area contributed by atoms with Crippen molar-refractivity contribution < 1.29 is 9.90 Å². The maximum Gasteiger partial charge on any atom is 0.317 e. The first-order valence-electron chi connectivity index (χ1n) is 3.57. The Labute approximate surface area is 72.1 Å². The monoisotopic (exact) mass is 167 g/mol. The van der Waals surface area contributed by atoms with Gasteiger partial charge in [-0.1, -0.05) is 31.4 Å². The standard InChI is InChI=1S/C9H13NO2/c1-3-5-8(4-2)6-10-7-9(11)12/h3-5,10H,1-2,6-7H2,(H,11,12)/b8-5+. The molecule has 0 aromatic heterocycles. The van der Waals surface area contributed by atoms with Crippen LogP contribution in [0.4, 0.5) is 0 Å². The van der Waals surface area contributed by atoms with Crippen LogP contribution in [0.2, 0.25) is 0 Å². The van der Waals surface area contributed by atoms with Gasteiger partial charge >= 0.3 is 5.97 Å². The van der Waals surface area contributed by atoms with E-state index in [0.717, 1.165) is 5.57 Å². The van der Waals surface area contributed by atoms with Gasteiger partial charge in [-0.15, -0.1) is 0 Å². The molecule has 0 saturated heterocycles. The fraction of sp³-hybridized carbons (Fsp3) is 0.222. The molecule has 0 unspecified atom stereocenters. The molecule has 3 heteroatoms. The SMILES string of the molecule is C=C/C=C(\C=C)CNCC(=O)O. The molecule has 2 N–H and O–H groups in total. The van der Waals surface area contributed by atoms with Crippen LogP contribution >= 0.6 is 0 Å². The first kappa shape index (κ1) is 10.7. The molecule has 0 aromatic rings. The van der Waals surface area contributed by atoms with Crippen LogP contribution in [0.1, 0.15) is 0 Å². The summed E-state index contributed by atoms with van der Waals surface area (Å²) in [5.74, 6) is -0.864. The lowest BCUT2D eigenvalue weighted by molar-refractivity contribution is -0.135.